The molecule has 110 valence electrons. The van der Waals surface area contributed by atoms with Gasteiger partial charge >= 0.3 is 0 Å². The van der Waals surface area contributed by atoms with Crippen molar-refractivity contribution in [3.8, 4) is 0 Å². The van der Waals surface area contributed by atoms with Gasteiger partial charge in [0.1, 0.15) is 0 Å². The van der Waals surface area contributed by atoms with Crippen molar-refractivity contribution in [3.63, 3.8) is 0 Å². The summed E-state index contributed by atoms with van der Waals surface area (Å²) in [6.45, 7) is 0. The monoisotopic (exact) mass is 324 g/mol. The van der Waals surface area contributed by atoms with Gasteiger partial charge in [0.15, 0.2) is 0 Å². The van der Waals surface area contributed by atoms with E-state index in [0.717, 1.165) is 21.6 Å². The summed E-state index contributed by atoms with van der Waals surface area (Å²) >= 11 is 3.53. The van der Waals surface area contributed by atoms with Crippen LogP contribution in [-0.2, 0) is 11.5 Å². The zero-order valence-corrected chi connectivity index (χ0v) is 13.7. The normalized spacial score (nSPS) is 10.5. The first-order valence-electron chi connectivity index (χ1n) is 7.06. The standard InChI is InChI=1S/C18H16N2S2/c1-3-10-19-17(8-1)21-13-15-6-5-7-16(12-15)14-22-18-9-2-4-11-20-18/h1-12H,13-14H2. The third-order valence-electron chi connectivity index (χ3n) is 3.04. The smallest absolute Gasteiger partial charge is 0.0963 e. The lowest BCUT2D eigenvalue weighted by atomic mass is 10.2. The van der Waals surface area contributed by atoms with E-state index in [4.69, 9.17) is 0 Å². The molecule has 0 N–H and O–H groups in total. The molecule has 0 saturated carbocycles. The van der Waals surface area contributed by atoms with Crippen molar-refractivity contribution in [2.75, 3.05) is 0 Å². The lowest BCUT2D eigenvalue weighted by Gasteiger charge is -2.05. The predicted octanol–water partition coefficient (Wildman–Crippen LogP) is 5.06. The van der Waals surface area contributed by atoms with Gasteiger partial charge in [0.25, 0.3) is 0 Å². The largest absolute Gasteiger partial charge is 0.250 e. The zero-order chi connectivity index (χ0) is 15.0. The second kappa shape index (κ2) is 8.01. The number of rotatable bonds is 6. The third-order valence-corrected chi connectivity index (χ3v) is 5.07. The second-order valence-corrected chi connectivity index (χ2v) is 6.72. The zero-order valence-electron chi connectivity index (χ0n) is 12.1. The van der Waals surface area contributed by atoms with Crippen LogP contribution in [0.4, 0.5) is 0 Å². The first-order chi connectivity index (χ1) is 10.9. The van der Waals surface area contributed by atoms with Crippen molar-refractivity contribution in [2.24, 2.45) is 0 Å². The highest BCUT2D eigenvalue weighted by atomic mass is 32.2. The number of nitrogens with zero attached hydrogens (tertiary/aromatic N) is 2. The van der Waals surface area contributed by atoms with Crippen LogP contribution in [0.5, 0.6) is 0 Å². The number of pyridine rings is 2. The number of aromatic nitrogens is 2. The molecule has 0 bridgehead atoms. The Morgan fingerprint density at radius 1 is 0.636 bits per heavy atom. The SMILES string of the molecule is c1ccc(SCc2cccc(CSc3ccccn3)c2)nc1. The highest BCUT2D eigenvalue weighted by Crippen LogP contribution is 2.24. The van der Waals surface area contributed by atoms with Crippen LogP contribution in [0.2, 0.25) is 0 Å². The summed E-state index contributed by atoms with van der Waals surface area (Å²) in [6, 6.07) is 20.8. The topological polar surface area (TPSA) is 25.8 Å². The molecule has 0 aliphatic rings. The molecular formula is C18H16N2S2. The summed E-state index contributed by atoms with van der Waals surface area (Å²) < 4.78 is 0. The predicted molar refractivity (Wildman–Crippen MR) is 94.0 cm³/mol. The molecule has 0 aliphatic carbocycles. The lowest BCUT2D eigenvalue weighted by Crippen LogP contribution is -1.87. The van der Waals surface area contributed by atoms with Crippen LogP contribution >= 0.6 is 23.5 Å². The van der Waals surface area contributed by atoms with E-state index >= 15 is 0 Å². The molecule has 0 spiro atoms. The van der Waals surface area contributed by atoms with Crippen molar-refractivity contribution in [3.05, 3.63) is 84.2 Å². The van der Waals surface area contributed by atoms with Crippen molar-refractivity contribution in [2.45, 2.75) is 21.6 Å². The molecule has 2 nitrogen and oxygen atoms in total. The summed E-state index contributed by atoms with van der Waals surface area (Å²) in [5.74, 6) is 1.89. The van der Waals surface area contributed by atoms with E-state index in [1.807, 2.05) is 48.8 Å². The van der Waals surface area contributed by atoms with Crippen molar-refractivity contribution in [1.82, 2.24) is 9.97 Å². The maximum Gasteiger partial charge on any atom is 0.0963 e. The van der Waals surface area contributed by atoms with E-state index in [1.54, 1.807) is 23.5 Å². The first-order valence-corrected chi connectivity index (χ1v) is 9.03. The molecule has 1 aromatic carbocycles. The van der Waals surface area contributed by atoms with E-state index in [1.165, 1.54) is 11.1 Å². The molecule has 0 fully saturated rings. The lowest BCUT2D eigenvalue weighted by molar-refractivity contribution is 1.13. The third kappa shape index (κ3) is 4.61. The van der Waals surface area contributed by atoms with Crippen LogP contribution in [0.25, 0.3) is 0 Å². The molecule has 0 saturated heterocycles. The van der Waals surface area contributed by atoms with E-state index in [0.29, 0.717) is 0 Å². The molecular weight excluding hydrogens is 308 g/mol. The fraction of sp³-hybridized carbons (Fsp3) is 0.111. The van der Waals surface area contributed by atoms with Gasteiger partial charge in [0, 0.05) is 23.9 Å². The van der Waals surface area contributed by atoms with Crippen LogP contribution in [0, 0.1) is 0 Å². The summed E-state index contributed by atoms with van der Waals surface area (Å²) in [7, 11) is 0. The van der Waals surface area contributed by atoms with Gasteiger partial charge in [0.05, 0.1) is 10.1 Å². The van der Waals surface area contributed by atoms with Crippen molar-refractivity contribution < 1.29 is 0 Å². The molecule has 0 radical (unpaired) electrons. The summed E-state index contributed by atoms with van der Waals surface area (Å²) in [6.07, 6.45) is 3.67. The van der Waals surface area contributed by atoms with Gasteiger partial charge < -0.3 is 0 Å². The van der Waals surface area contributed by atoms with Crippen LogP contribution in [0.3, 0.4) is 0 Å². The Morgan fingerprint density at radius 3 is 1.64 bits per heavy atom. The van der Waals surface area contributed by atoms with Crippen LogP contribution in [-0.4, -0.2) is 9.97 Å². The fourth-order valence-electron chi connectivity index (χ4n) is 1.99. The minimum Gasteiger partial charge on any atom is -0.250 e. The molecule has 0 atom stereocenters. The van der Waals surface area contributed by atoms with Gasteiger partial charge in [-0.2, -0.15) is 0 Å². The Bertz CT molecular complexity index is 644. The molecule has 0 unspecified atom stereocenters. The van der Waals surface area contributed by atoms with Gasteiger partial charge in [-0.15, -0.1) is 23.5 Å². The highest BCUT2D eigenvalue weighted by Gasteiger charge is 2.01. The van der Waals surface area contributed by atoms with E-state index in [-0.39, 0.29) is 0 Å². The molecule has 22 heavy (non-hydrogen) atoms. The average Bonchev–Trinajstić information content (AvgIpc) is 2.60. The number of hydrogen-bond donors (Lipinski definition) is 0. The summed E-state index contributed by atoms with van der Waals surface area (Å²) in [4.78, 5) is 8.69. The fourth-order valence-corrected chi connectivity index (χ4v) is 3.60. The molecule has 0 amide bonds. The van der Waals surface area contributed by atoms with Crippen LogP contribution < -0.4 is 0 Å². The Kier molecular flexibility index (Phi) is 5.51. The Hall–Kier alpha value is -1.78. The molecule has 3 rings (SSSR count). The summed E-state index contributed by atoms with van der Waals surface area (Å²) in [5.41, 5.74) is 2.66. The highest BCUT2D eigenvalue weighted by molar-refractivity contribution is 7.98. The van der Waals surface area contributed by atoms with E-state index in [2.05, 4.69) is 34.2 Å². The van der Waals surface area contributed by atoms with Gasteiger partial charge in [-0.25, -0.2) is 9.97 Å². The number of hydrogen-bond acceptors (Lipinski definition) is 4. The van der Waals surface area contributed by atoms with Crippen molar-refractivity contribution >= 4 is 23.5 Å². The van der Waals surface area contributed by atoms with Crippen LogP contribution in [0.1, 0.15) is 11.1 Å². The molecule has 3 aromatic rings. The second-order valence-electron chi connectivity index (χ2n) is 4.73. The molecule has 2 heterocycles. The van der Waals surface area contributed by atoms with Gasteiger partial charge in [-0.05, 0) is 35.4 Å². The molecule has 4 heteroatoms. The maximum atomic E-state index is 4.34. The van der Waals surface area contributed by atoms with E-state index < -0.39 is 0 Å². The molecule has 0 aliphatic heterocycles. The van der Waals surface area contributed by atoms with Gasteiger partial charge in [0.2, 0.25) is 0 Å². The quantitative estimate of drug-likeness (QED) is 0.592. The van der Waals surface area contributed by atoms with Crippen LogP contribution in [0.15, 0.2) is 83.1 Å². The number of benzene rings is 1. The number of thioether (sulfide) groups is 2. The minimum atomic E-state index is 0.944. The van der Waals surface area contributed by atoms with Gasteiger partial charge in [-0.1, -0.05) is 36.4 Å². The Balaban J connectivity index is 1.58. The summed E-state index contributed by atoms with van der Waals surface area (Å²) in [5, 5.41) is 2.13. The molecule has 2 aromatic heterocycles. The van der Waals surface area contributed by atoms with Crippen molar-refractivity contribution in [1.29, 1.82) is 0 Å². The minimum absolute atomic E-state index is 0.944. The van der Waals surface area contributed by atoms with Gasteiger partial charge in [-0.3, -0.25) is 0 Å². The van der Waals surface area contributed by atoms with E-state index in [9.17, 15) is 0 Å². The Morgan fingerprint density at radius 2 is 1.18 bits per heavy atom. The average molecular weight is 324 g/mol. The maximum absolute atomic E-state index is 4.34. The Labute approximate surface area is 139 Å². The first kappa shape index (κ1) is 15.1.